The van der Waals surface area contributed by atoms with Crippen molar-refractivity contribution in [2.45, 2.75) is 12.8 Å². The van der Waals surface area contributed by atoms with E-state index in [9.17, 15) is 9.59 Å². The molecule has 0 radical (unpaired) electrons. The van der Waals surface area contributed by atoms with Gasteiger partial charge in [-0.15, -0.1) is 0 Å². The largest absolute Gasteiger partial charge is 0.469 e. The minimum Gasteiger partial charge on any atom is -0.469 e. The van der Waals surface area contributed by atoms with E-state index in [4.69, 9.17) is 0 Å². The number of esters is 1. The average Bonchev–Trinajstić information content (AvgIpc) is 2.34. The van der Waals surface area contributed by atoms with Crippen molar-refractivity contribution >= 4 is 34.5 Å². The van der Waals surface area contributed by atoms with Gasteiger partial charge < -0.3 is 10.1 Å². The topological polar surface area (TPSA) is 55.4 Å². The van der Waals surface area contributed by atoms with Crippen molar-refractivity contribution in [3.05, 3.63) is 33.4 Å². The Morgan fingerprint density at radius 1 is 1.29 bits per heavy atom. The maximum atomic E-state index is 11.6. The maximum absolute atomic E-state index is 11.6. The van der Waals surface area contributed by atoms with Gasteiger partial charge in [-0.05, 0) is 53.3 Å². The van der Waals surface area contributed by atoms with Crippen LogP contribution in [0.25, 0.3) is 0 Å². The normalized spacial score (nSPS) is 9.76. The summed E-state index contributed by atoms with van der Waals surface area (Å²) in [5, 5.41) is 2.75. The van der Waals surface area contributed by atoms with Gasteiger partial charge in [0.25, 0.3) is 5.91 Å². The lowest BCUT2D eigenvalue weighted by atomic mass is 10.2. The molecule has 0 fully saturated rings. The van der Waals surface area contributed by atoms with E-state index in [0.29, 0.717) is 24.9 Å². The third-order valence-corrected chi connectivity index (χ3v) is 2.90. The molecule has 1 rings (SSSR count). The second-order valence-electron chi connectivity index (χ2n) is 3.44. The molecule has 1 aromatic carbocycles. The monoisotopic (exact) mass is 347 g/mol. The fourth-order valence-electron chi connectivity index (χ4n) is 1.24. The van der Waals surface area contributed by atoms with Crippen molar-refractivity contribution in [3.63, 3.8) is 0 Å². The SMILES string of the molecule is COC(=O)CCCNC(=O)c1ccc(I)cc1. The van der Waals surface area contributed by atoms with Crippen LogP contribution in [0.15, 0.2) is 24.3 Å². The molecule has 0 aromatic heterocycles. The van der Waals surface area contributed by atoms with Crippen molar-refractivity contribution in [3.8, 4) is 0 Å². The van der Waals surface area contributed by atoms with Crippen LogP contribution in [0.1, 0.15) is 23.2 Å². The third-order valence-electron chi connectivity index (χ3n) is 2.18. The lowest BCUT2D eigenvalue weighted by molar-refractivity contribution is -0.140. The fourth-order valence-corrected chi connectivity index (χ4v) is 1.60. The number of carbonyl (C=O) groups is 2. The Balaban J connectivity index is 2.30. The molecule has 4 nitrogen and oxygen atoms in total. The summed E-state index contributed by atoms with van der Waals surface area (Å²) in [4.78, 5) is 22.5. The molecule has 0 saturated carbocycles. The molecule has 1 aromatic rings. The van der Waals surface area contributed by atoms with Gasteiger partial charge in [-0.2, -0.15) is 0 Å². The molecule has 0 bridgehead atoms. The Hall–Kier alpha value is -1.11. The van der Waals surface area contributed by atoms with Crippen LogP contribution >= 0.6 is 22.6 Å². The summed E-state index contributed by atoms with van der Waals surface area (Å²) in [6.07, 6.45) is 0.909. The highest BCUT2D eigenvalue weighted by atomic mass is 127. The van der Waals surface area contributed by atoms with Crippen LogP contribution in [0.2, 0.25) is 0 Å². The van der Waals surface area contributed by atoms with Gasteiger partial charge in [0.05, 0.1) is 7.11 Å². The molecule has 0 aliphatic rings. The van der Waals surface area contributed by atoms with E-state index in [1.165, 1.54) is 7.11 Å². The molecule has 92 valence electrons. The van der Waals surface area contributed by atoms with E-state index in [1.54, 1.807) is 12.1 Å². The number of carbonyl (C=O) groups excluding carboxylic acids is 2. The van der Waals surface area contributed by atoms with Gasteiger partial charge in [-0.3, -0.25) is 9.59 Å². The Labute approximate surface area is 114 Å². The van der Waals surface area contributed by atoms with Crippen molar-refractivity contribution in [1.29, 1.82) is 0 Å². The van der Waals surface area contributed by atoms with Crippen molar-refractivity contribution in [2.24, 2.45) is 0 Å². The molecular weight excluding hydrogens is 333 g/mol. The molecular formula is C12H14INO3. The summed E-state index contributed by atoms with van der Waals surface area (Å²) in [6.45, 7) is 0.472. The van der Waals surface area contributed by atoms with E-state index in [-0.39, 0.29) is 11.9 Å². The summed E-state index contributed by atoms with van der Waals surface area (Å²) in [5.41, 5.74) is 0.628. The first kappa shape index (κ1) is 14.0. The van der Waals surface area contributed by atoms with E-state index in [2.05, 4.69) is 32.6 Å². The highest BCUT2D eigenvalue weighted by molar-refractivity contribution is 14.1. The smallest absolute Gasteiger partial charge is 0.305 e. The highest BCUT2D eigenvalue weighted by Gasteiger charge is 2.05. The van der Waals surface area contributed by atoms with E-state index in [0.717, 1.165) is 3.57 Å². The summed E-state index contributed by atoms with van der Waals surface area (Å²) >= 11 is 2.18. The number of halogens is 1. The van der Waals surface area contributed by atoms with Crippen LogP contribution in [-0.2, 0) is 9.53 Å². The number of hydrogen-bond donors (Lipinski definition) is 1. The number of nitrogens with one attached hydrogen (secondary N) is 1. The van der Waals surface area contributed by atoms with E-state index in [1.807, 2.05) is 12.1 Å². The van der Waals surface area contributed by atoms with Gasteiger partial charge >= 0.3 is 5.97 Å². The zero-order chi connectivity index (χ0) is 12.7. The lowest BCUT2D eigenvalue weighted by Crippen LogP contribution is -2.24. The molecule has 0 aliphatic heterocycles. The standard InChI is InChI=1S/C12H14INO3/c1-17-11(15)3-2-8-14-12(16)9-4-6-10(13)7-5-9/h4-7H,2-3,8H2,1H3,(H,14,16). The summed E-state index contributed by atoms with van der Waals surface area (Å²) in [5.74, 6) is -0.375. The van der Waals surface area contributed by atoms with Gasteiger partial charge in [0.1, 0.15) is 0 Å². The second-order valence-corrected chi connectivity index (χ2v) is 4.69. The Morgan fingerprint density at radius 3 is 2.53 bits per heavy atom. The Kier molecular flexibility index (Phi) is 5.96. The molecule has 0 saturated heterocycles. The molecule has 1 N–H and O–H groups in total. The summed E-state index contributed by atoms with van der Waals surface area (Å²) < 4.78 is 5.59. The predicted molar refractivity (Wildman–Crippen MR) is 72.7 cm³/mol. The Morgan fingerprint density at radius 2 is 1.94 bits per heavy atom. The van der Waals surface area contributed by atoms with Crippen LogP contribution in [-0.4, -0.2) is 25.5 Å². The number of methoxy groups -OCH3 is 1. The van der Waals surface area contributed by atoms with Crippen LogP contribution in [0.4, 0.5) is 0 Å². The first-order valence-electron chi connectivity index (χ1n) is 5.24. The van der Waals surface area contributed by atoms with Crippen LogP contribution < -0.4 is 5.32 Å². The molecule has 17 heavy (non-hydrogen) atoms. The Bertz CT molecular complexity index is 389. The fraction of sp³-hybridized carbons (Fsp3) is 0.333. The van der Waals surface area contributed by atoms with Gasteiger partial charge in [-0.1, -0.05) is 0 Å². The minimum absolute atomic E-state index is 0.119. The lowest BCUT2D eigenvalue weighted by Gasteiger charge is -2.04. The molecule has 1 amide bonds. The van der Waals surface area contributed by atoms with Crippen LogP contribution in [0.5, 0.6) is 0 Å². The van der Waals surface area contributed by atoms with Crippen LogP contribution in [0, 0.1) is 3.57 Å². The first-order chi connectivity index (χ1) is 8.13. The number of hydrogen-bond acceptors (Lipinski definition) is 3. The number of ether oxygens (including phenoxy) is 1. The van der Waals surface area contributed by atoms with E-state index >= 15 is 0 Å². The van der Waals surface area contributed by atoms with Crippen molar-refractivity contribution < 1.29 is 14.3 Å². The van der Waals surface area contributed by atoms with Gasteiger partial charge in [0.2, 0.25) is 0 Å². The molecule has 5 heteroatoms. The second kappa shape index (κ2) is 7.26. The molecule has 0 spiro atoms. The molecule has 0 atom stereocenters. The molecule has 0 heterocycles. The van der Waals surface area contributed by atoms with Crippen molar-refractivity contribution in [1.82, 2.24) is 5.32 Å². The maximum Gasteiger partial charge on any atom is 0.305 e. The van der Waals surface area contributed by atoms with Crippen LogP contribution in [0.3, 0.4) is 0 Å². The van der Waals surface area contributed by atoms with Gasteiger partial charge in [0, 0.05) is 22.1 Å². The van der Waals surface area contributed by atoms with Gasteiger partial charge in [0.15, 0.2) is 0 Å². The predicted octanol–water partition coefficient (Wildman–Crippen LogP) is 1.97. The van der Waals surface area contributed by atoms with E-state index < -0.39 is 0 Å². The van der Waals surface area contributed by atoms with Gasteiger partial charge in [-0.25, -0.2) is 0 Å². The molecule has 0 unspecified atom stereocenters. The quantitative estimate of drug-likeness (QED) is 0.503. The third kappa shape index (κ3) is 5.16. The molecule has 0 aliphatic carbocycles. The summed E-state index contributed by atoms with van der Waals surface area (Å²) in [6, 6.07) is 7.31. The summed E-state index contributed by atoms with van der Waals surface area (Å²) in [7, 11) is 1.35. The zero-order valence-electron chi connectivity index (χ0n) is 9.53. The average molecular weight is 347 g/mol. The minimum atomic E-state index is -0.256. The highest BCUT2D eigenvalue weighted by Crippen LogP contribution is 2.06. The first-order valence-corrected chi connectivity index (χ1v) is 6.32. The zero-order valence-corrected chi connectivity index (χ0v) is 11.7. The van der Waals surface area contributed by atoms with Crippen molar-refractivity contribution in [2.75, 3.05) is 13.7 Å². The number of rotatable bonds is 5. The number of amides is 1. The number of benzene rings is 1.